The first-order valence-corrected chi connectivity index (χ1v) is 10.1. The van der Waals surface area contributed by atoms with Crippen LogP contribution in [0.1, 0.15) is 17.2 Å². The van der Waals surface area contributed by atoms with Crippen LogP contribution < -0.4 is 9.64 Å². The molecular weight excluding hydrogens is 425 g/mol. The fraction of sp³-hybridized carbons (Fsp3) is 0.0800. The molecule has 1 aromatic heterocycles. The number of anilines is 1. The summed E-state index contributed by atoms with van der Waals surface area (Å²) in [4.78, 5) is 35.2. The standard InChI is InChI=1S/C25H18FN3O4/c1-33-19-12-11-15(26)13-16(19)22(30)20-21(14-7-3-2-4-8-14)29(24(32)23(20)31)25-27-17-9-5-6-10-18(17)28-25/h2-13,21,30H,1H3,(H,27,28)/b22-20+. The molecular formula is C25H18FN3O4. The Morgan fingerprint density at radius 1 is 1.06 bits per heavy atom. The van der Waals surface area contributed by atoms with Gasteiger partial charge in [-0.2, -0.15) is 0 Å². The summed E-state index contributed by atoms with van der Waals surface area (Å²) in [5, 5.41) is 11.2. The number of benzene rings is 3. The Balaban J connectivity index is 1.76. The van der Waals surface area contributed by atoms with Crippen LogP contribution in [-0.2, 0) is 9.59 Å². The molecule has 3 aromatic carbocycles. The van der Waals surface area contributed by atoms with E-state index in [1.54, 1.807) is 42.5 Å². The number of halogens is 1. The highest BCUT2D eigenvalue weighted by Crippen LogP contribution is 2.42. The van der Waals surface area contributed by atoms with E-state index in [0.29, 0.717) is 16.6 Å². The number of carbonyl (C=O) groups is 2. The van der Waals surface area contributed by atoms with Crippen molar-refractivity contribution in [1.29, 1.82) is 0 Å². The summed E-state index contributed by atoms with van der Waals surface area (Å²) >= 11 is 0. The van der Waals surface area contributed by atoms with Crippen LogP contribution >= 0.6 is 0 Å². The molecule has 0 bridgehead atoms. The zero-order valence-electron chi connectivity index (χ0n) is 17.4. The van der Waals surface area contributed by atoms with Crippen LogP contribution in [0, 0.1) is 5.82 Å². The van der Waals surface area contributed by atoms with Gasteiger partial charge >= 0.3 is 5.91 Å². The minimum atomic E-state index is -0.986. The molecule has 1 aliphatic heterocycles. The number of hydrogen-bond donors (Lipinski definition) is 2. The zero-order chi connectivity index (χ0) is 23.1. The fourth-order valence-corrected chi connectivity index (χ4v) is 4.07. The molecule has 1 atom stereocenters. The van der Waals surface area contributed by atoms with E-state index in [1.165, 1.54) is 24.1 Å². The number of aliphatic hydroxyl groups excluding tert-OH is 1. The van der Waals surface area contributed by atoms with Crippen LogP contribution in [0.2, 0.25) is 0 Å². The van der Waals surface area contributed by atoms with Gasteiger partial charge in [-0.1, -0.05) is 42.5 Å². The number of amides is 1. The number of aromatic nitrogens is 2. The van der Waals surface area contributed by atoms with Gasteiger partial charge in [0.05, 0.1) is 35.3 Å². The van der Waals surface area contributed by atoms with Gasteiger partial charge in [0.1, 0.15) is 17.3 Å². The lowest BCUT2D eigenvalue weighted by molar-refractivity contribution is -0.132. The van der Waals surface area contributed by atoms with Crippen molar-refractivity contribution >= 4 is 34.4 Å². The van der Waals surface area contributed by atoms with Gasteiger partial charge in [-0.15, -0.1) is 0 Å². The van der Waals surface area contributed by atoms with E-state index in [2.05, 4.69) is 9.97 Å². The predicted octanol–water partition coefficient (Wildman–Crippen LogP) is 4.34. The van der Waals surface area contributed by atoms with Crippen molar-refractivity contribution in [2.75, 3.05) is 12.0 Å². The van der Waals surface area contributed by atoms with Crippen molar-refractivity contribution in [2.45, 2.75) is 6.04 Å². The topological polar surface area (TPSA) is 95.5 Å². The van der Waals surface area contributed by atoms with Gasteiger partial charge in [0.15, 0.2) is 0 Å². The van der Waals surface area contributed by atoms with Crippen molar-refractivity contribution in [1.82, 2.24) is 9.97 Å². The summed E-state index contributed by atoms with van der Waals surface area (Å²) in [7, 11) is 1.37. The Labute approximate surface area is 187 Å². The molecule has 0 spiro atoms. The molecule has 0 aliphatic carbocycles. The molecule has 8 heteroatoms. The number of rotatable bonds is 4. The summed E-state index contributed by atoms with van der Waals surface area (Å²) < 4.78 is 19.3. The van der Waals surface area contributed by atoms with Crippen LogP contribution in [0.4, 0.5) is 10.3 Å². The lowest BCUT2D eigenvalue weighted by atomic mass is 9.95. The second-order valence-electron chi connectivity index (χ2n) is 7.50. The van der Waals surface area contributed by atoms with Gasteiger partial charge in [0.25, 0.3) is 5.78 Å². The monoisotopic (exact) mass is 443 g/mol. The Bertz CT molecular complexity index is 1400. The summed E-state index contributed by atoms with van der Waals surface area (Å²) in [6, 6.07) is 18.6. The number of fused-ring (bicyclic) bond motifs is 1. The Morgan fingerprint density at radius 3 is 2.52 bits per heavy atom. The molecule has 1 saturated heterocycles. The van der Waals surface area contributed by atoms with Gasteiger partial charge in [-0.05, 0) is 35.9 Å². The molecule has 1 fully saturated rings. The van der Waals surface area contributed by atoms with E-state index in [-0.39, 0.29) is 22.8 Å². The van der Waals surface area contributed by atoms with Gasteiger partial charge in [0, 0.05) is 0 Å². The molecule has 2 heterocycles. The average molecular weight is 443 g/mol. The minimum absolute atomic E-state index is 0.0268. The molecule has 2 N–H and O–H groups in total. The lowest BCUT2D eigenvalue weighted by Gasteiger charge is -2.23. The number of nitrogens with zero attached hydrogens (tertiary/aromatic N) is 2. The molecule has 7 nitrogen and oxygen atoms in total. The number of aliphatic hydroxyl groups is 1. The van der Waals surface area contributed by atoms with E-state index >= 15 is 0 Å². The van der Waals surface area contributed by atoms with Gasteiger partial charge in [-0.3, -0.25) is 14.5 Å². The molecule has 1 unspecified atom stereocenters. The largest absolute Gasteiger partial charge is 0.507 e. The van der Waals surface area contributed by atoms with Crippen molar-refractivity contribution in [3.05, 3.63) is 95.3 Å². The maximum absolute atomic E-state index is 14.0. The van der Waals surface area contributed by atoms with Crippen LogP contribution in [-0.4, -0.2) is 33.9 Å². The normalized spacial score (nSPS) is 17.6. The first-order chi connectivity index (χ1) is 16.0. The molecule has 33 heavy (non-hydrogen) atoms. The van der Waals surface area contributed by atoms with Gasteiger partial charge in [-0.25, -0.2) is 9.37 Å². The third-order valence-corrected chi connectivity index (χ3v) is 5.58. The number of hydrogen-bond acceptors (Lipinski definition) is 5. The number of para-hydroxylation sites is 2. The number of nitrogens with one attached hydrogen (secondary N) is 1. The van der Waals surface area contributed by atoms with Crippen molar-refractivity contribution in [2.24, 2.45) is 0 Å². The van der Waals surface area contributed by atoms with E-state index < -0.39 is 29.3 Å². The Kier molecular flexibility index (Phi) is 4.90. The third-order valence-electron chi connectivity index (χ3n) is 5.58. The maximum atomic E-state index is 14.0. The number of Topliss-reactive ketones (excluding diaryl/α,β-unsaturated/α-hetero) is 1. The SMILES string of the molecule is COc1ccc(F)cc1/C(O)=C1\C(=O)C(=O)N(c2nc3ccccc3[nH]2)C1c1ccccc1. The molecule has 164 valence electrons. The van der Waals surface area contributed by atoms with E-state index in [0.717, 1.165) is 6.07 Å². The van der Waals surface area contributed by atoms with Crippen LogP contribution in [0.15, 0.2) is 78.4 Å². The first-order valence-electron chi connectivity index (χ1n) is 10.1. The number of imidazole rings is 1. The Morgan fingerprint density at radius 2 is 1.79 bits per heavy atom. The minimum Gasteiger partial charge on any atom is -0.507 e. The summed E-state index contributed by atoms with van der Waals surface area (Å²) in [6.07, 6.45) is 0. The number of methoxy groups -OCH3 is 1. The van der Waals surface area contributed by atoms with E-state index in [4.69, 9.17) is 4.74 Å². The number of ketones is 1. The summed E-state index contributed by atoms with van der Waals surface area (Å²) in [5.74, 6) is -2.60. The number of aromatic amines is 1. The smallest absolute Gasteiger partial charge is 0.302 e. The molecule has 1 aliphatic rings. The predicted molar refractivity (Wildman–Crippen MR) is 120 cm³/mol. The van der Waals surface area contributed by atoms with E-state index in [1.807, 2.05) is 12.1 Å². The van der Waals surface area contributed by atoms with Crippen molar-refractivity contribution in [3.8, 4) is 5.75 Å². The highest BCUT2D eigenvalue weighted by molar-refractivity contribution is 6.51. The zero-order valence-corrected chi connectivity index (χ0v) is 17.4. The highest BCUT2D eigenvalue weighted by atomic mass is 19.1. The number of H-pyrrole nitrogens is 1. The quantitative estimate of drug-likeness (QED) is 0.278. The molecule has 5 rings (SSSR count). The van der Waals surface area contributed by atoms with Crippen LogP contribution in [0.3, 0.4) is 0 Å². The molecule has 4 aromatic rings. The Hall–Kier alpha value is -4.46. The van der Waals surface area contributed by atoms with Gasteiger partial charge in [0.2, 0.25) is 5.95 Å². The average Bonchev–Trinajstić information content (AvgIpc) is 3.37. The van der Waals surface area contributed by atoms with Crippen molar-refractivity contribution in [3.63, 3.8) is 0 Å². The number of carbonyl (C=O) groups excluding carboxylic acids is 2. The van der Waals surface area contributed by atoms with Crippen LogP contribution in [0.5, 0.6) is 5.75 Å². The molecule has 0 saturated carbocycles. The highest BCUT2D eigenvalue weighted by Gasteiger charge is 2.48. The van der Waals surface area contributed by atoms with Crippen LogP contribution in [0.25, 0.3) is 16.8 Å². The molecule has 1 amide bonds. The first kappa shape index (κ1) is 20.4. The molecule has 0 radical (unpaired) electrons. The summed E-state index contributed by atoms with van der Waals surface area (Å²) in [5.41, 5.74) is 1.67. The second-order valence-corrected chi connectivity index (χ2v) is 7.50. The number of ether oxygens (including phenoxy) is 1. The maximum Gasteiger partial charge on any atom is 0.302 e. The summed E-state index contributed by atoms with van der Waals surface area (Å²) in [6.45, 7) is 0. The van der Waals surface area contributed by atoms with Gasteiger partial charge < -0.3 is 14.8 Å². The third kappa shape index (κ3) is 3.32. The fourth-order valence-electron chi connectivity index (χ4n) is 4.07. The van der Waals surface area contributed by atoms with E-state index in [9.17, 15) is 19.1 Å². The lowest BCUT2D eigenvalue weighted by Crippen LogP contribution is -2.30. The second kappa shape index (κ2) is 7.90. The van der Waals surface area contributed by atoms with Crippen molar-refractivity contribution < 1.29 is 23.8 Å².